The molecule has 184 valence electrons. The highest BCUT2D eigenvalue weighted by molar-refractivity contribution is 6.13. The van der Waals surface area contributed by atoms with Crippen LogP contribution < -0.4 is 0 Å². The van der Waals surface area contributed by atoms with Gasteiger partial charge >= 0.3 is 0 Å². The van der Waals surface area contributed by atoms with Crippen molar-refractivity contribution in [3.05, 3.63) is 101 Å². The van der Waals surface area contributed by atoms with Crippen LogP contribution in [0.15, 0.2) is 72.8 Å². The minimum absolute atomic E-state index is 0.0638. The molecule has 0 radical (unpaired) electrons. The van der Waals surface area contributed by atoms with Crippen LogP contribution in [0.1, 0.15) is 48.6 Å². The van der Waals surface area contributed by atoms with E-state index in [4.69, 9.17) is 10.2 Å². The van der Waals surface area contributed by atoms with Crippen molar-refractivity contribution in [2.45, 2.75) is 53.9 Å². The van der Waals surface area contributed by atoms with E-state index in [1.54, 1.807) is 0 Å². The second kappa shape index (κ2) is 8.27. The SMILES string of the molecule is Cc1cc(C)cc(-c2ccc(-c3nnc4c5c(C)cc(C)cc5c5cc(C(C)(C)C)ccc5n34)cc2)c1. The van der Waals surface area contributed by atoms with Gasteiger partial charge in [0.25, 0.3) is 0 Å². The number of pyridine rings is 1. The highest BCUT2D eigenvalue weighted by Crippen LogP contribution is 2.37. The highest BCUT2D eigenvalue weighted by Gasteiger charge is 2.20. The van der Waals surface area contributed by atoms with Gasteiger partial charge in [-0.2, -0.15) is 0 Å². The van der Waals surface area contributed by atoms with Gasteiger partial charge in [0.2, 0.25) is 0 Å². The monoisotopic (exact) mass is 483 g/mol. The minimum Gasteiger partial charge on any atom is -0.274 e. The fraction of sp³-hybridized carbons (Fsp3) is 0.235. The third-order valence-electron chi connectivity index (χ3n) is 7.46. The number of aromatic nitrogens is 3. The molecule has 0 spiro atoms. The Morgan fingerprint density at radius 1 is 0.595 bits per heavy atom. The first-order chi connectivity index (χ1) is 17.6. The van der Waals surface area contributed by atoms with Gasteiger partial charge in [0.15, 0.2) is 11.5 Å². The zero-order chi connectivity index (χ0) is 26.1. The second-order valence-electron chi connectivity index (χ2n) is 11.6. The van der Waals surface area contributed by atoms with E-state index >= 15 is 0 Å². The van der Waals surface area contributed by atoms with Crippen molar-refractivity contribution in [3.63, 3.8) is 0 Å². The lowest BCUT2D eigenvalue weighted by Crippen LogP contribution is -2.11. The van der Waals surface area contributed by atoms with Gasteiger partial charge in [-0.1, -0.05) is 98.1 Å². The summed E-state index contributed by atoms with van der Waals surface area (Å²) in [6, 6.07) is 26.8. The van der Waals surface area contributed by atoms with Crippen molar-refractivity contribution in [1.29, 1.82) is 0 Å². The first kappa shape index (κ1) is 23.4. The summed E-state index contributed by atoms with van der Waals surface area (Å²) in [6.07, 6.45) is 0. The molecule has 0 fully saturated rings. The van der Waals surface area contributed by atoms with Gasteiger partial charge < -0.3 is 0 Å². The quantitative estimate of drug-likeness (QED) is 0.230. The molecule has 0 bridgehead atoms. The average molecular weight is 484 g/mol. The van der Waals surface area contributed by atoms with Crippen LogP contribution in [0.5, 0.6) is 0 Å². The molecule has 0 aliphatic heterocycles. The molecule has 2 aromatic heterocycles. The zero-order valence-corrected chi connectivity index (χ0v) is 22.8. The lowest BCUT2D eigenvalue weighted by atomic mass is 9.85. The number of aryl methyl sites for hydroxylation is 4. The van der Waals surface area contributed by atoms with E-state index in [2.05, 4.69) is 126 Å². The number of hydrogen-bond donors (Lipinski definition) is 0. The number of fused-ring (bicyclic) bond motifs is 6. The molecule has 0 atom stereocenters. The van der Waals surface area contributed by atoms with Gasteiger partial charge in [0.05, 0.1) is 5.52 Å². The number of rotatable bonds is 2. The van der Waals surface area contributed by atoms with Crippen molar-refractivity contribution in [2.24, 2.45) is 0 Å². The fourth-order valence-corrected chi connectivity index (χ4v) is 5.70. The molecule has 0 saturated heterocycles. The van der Waals surface area contributed by atoms with Crippen LogP contribution in [0.2, 0.25) is 0 Å². The Morgan fingerprint density at radius 3 is 1.92 bits per heavy atom. The standard InChI is InChI=1S/C34H33N3/c1-20-14-21(2)17-26(16-20)24-8-10-25(11-9-24)32-35-36-33-31-23(4)15-22(3)18-29(31)28-19-27(34(5,6)7)12-13-30(28)37(32)33/h8-19H,1-7H3. The van der Waals surface area contributed by atoms with Crippen LogP contribution in [-0.2, 0) is 5.41 Å². The summed E-state index contributed by atoms with van der Waals surface area (Å²) in [7, 11) is 0. The molecule has 0 saturated carbocycles. The topological polar surface area (TPSA) is 30.2 Å². The van der Waals surface area contributed by atoms with Crippen LogP contribution in [0.25, 0.3) is 49.8 Å². The van der Waals surface area contributed by atoms with Crippen molar-refractivity contribution in [1.82, 2.24) is 14.6 Å². The molecule has 6 aromatic rings. The Balaban J connectivity index is 1.62. The second-order valence-corrected chi connectivity index (χ2v) is 11.6. The summed E-state index contributed by atoms with van der Waals surface area (Å²) >= 11 is 0. The summed E-state index contributed by atoms with van der Waals surface area (Å²) in [6.45, 7) is 15.5. The van der Waals surface area contributed by atoms with Gasteiger partial charge in [0, 0.05) is 16.3 Å². The van der Waals surface area contributed by atoms with E-state index in [-0.39, 0.29) is 5.41 Å². The highest BCUT2D eigenvalue weighted by atomic mass is 15.2. The van der Waals surface area contributed by atoms with Gasteiger partial charge in [-0.05, 0) is 72.9 Å². The largest absolute Gasteiger partial charge is 0.274 e. The molecule has 4 aromatic carbocycles. The Kier molecular flexibility index (Phi) is 5.24. The molecule has 37 heavy (non-hydrogen) atoms. The molecule has 0 aliphatic carbocycles. The maximum atomic E-state index is 4.75. The van der Waals surface area contributed by atoms with Crippen LogP contribution in [-0.4, -0.2) is 14.6 Å². The summed E-state index contributed by atoms with van der Waals surface area (Å²) in [4.78, 5) is 0. The maximum Gasteiger partial charge on any atom is 0.169 e. The van der Waals surface area contributed by atoms with Gasteiger partial charge in [-0.25, -0.2) is 0 Å². The Bertz CT molecular complexity index is 1810. The molecular weight excluding hydrogens is 450 g/mol. The first-order valence-electron chi connectivity index (χ1n) is 13.0. The van der Waals surface area contributed by atoms with E-state index in [9.17, 15) is 0 Å². The van der Waals surface area contributed by atoms with Crippen LogP contribution in [0.4, 0.5) is 0 Å². The normalized spacial score (nSPS) is 12.2. The van der Waals surface area contributed by atoms with Crippen molar-refractivity contribution >= 4 is 27.3 Å². The van der Waals surface area contributed by atoms with Gasteiger partial charge in [0.1, 0.15) is 0 Å². The van der Waals surface area contributed by atoms with Crippen LogP contribution in [0.3, 0.4) is 0 Å². The molecule has 3 heteroatoms. The lowest BCUT2D eigenvalue weighted by Gasteiger charge is -2.21. The Hall–Kier alpha value is -3.98. The average Bonchev–Trinajstić information content (AvgIpc) is 3.27. The van der Waals surface area contributed by atoms with E-state index in [1.807, 2.05) is 0 Å². The minimum atomic E-state index is 0.0638. The molecule has 3 nitrogen and oxygen atoms in total. The maximum absolute atomic E-state index is 4.75. The summed E-state index contributed by atoms with van der Waals surface area (Å²) < 4.78 is 2.25. The van der Waals surface area contributed by atoms with E-state index in [1.165, 1.54) is 55.1 Å². The molecule has 0 amide bonds. The summed E-state index contributed by atoms with van der Waals surface area (Å²) in [5.41, 5.74) is 12.0. The molecule has 2 heterocycles. The smallest absolute Gasteiger partial charge is 0.169 e. The molecule has 0 unspecified atom stereocenters. The van der Waals surface area contributed by atoms with Gasteiger partial charge in [-0.3, -0.25) is 4.40 Å². The van der Waals surface area contributed by atoms with Crippen molar-refractivity contribution in [2.75, 3.05) is 0 Å². The molecular formula is C34H33N3. The number of benzene rings is 4. The van der Waals surface area contributed by atoms with Gasteiger partial charge in [-0.15, -0.1) is 10.2 Å². The summed E-state index contributed by atoms with van der Waals surface area (Å²) in [5, 5.41) is 13.2. The van der Waals surface area contributed by atoms with E-state index in [0.717, 1.165) is 22.6 Å². The third-order valence-corrected chi connectivity index (χ3v) is 7.46. The molecule has 0 aliphatic rings. The van der Waals surface area contributed by atoms with Crippen LogP contribution in [0, 0.1) is 27.7 Å². The lowest BCUT2D eigenvalue weighted by molar-refractivity contribution is 0.591. The van der Waals surface area contributed by atoms with E-state index in [0.29, 0.717) is 0 Å². The predicted octanol–water partition coefficient (Wildman–Crippen LogP) is 8.90. The Labute approximate surface area is 218 Å². The molecule has 6 rings (SSSR count). The molecule has 0 N–H and O–H groups in total. The van der Waals surface area contributed by atoms with Crippen LogP contribution >= 0.6 is 0 Å². The zero-order valence-electron chi connectivity index (χ0n) is 22.8. The van der Waals surface area contributed by atoms with Crippen molar-refractivity contribution in [3.8, 4) is 22.5 Å². The summed E-state index contributed by atoms with van der Waals surface area (Å²) in [5.74, 6) is 0.873. The third kappa shape index (κ3) is 3.90. The Morgan fingerprint density at radius 2 is 1.24 bits per heavy atom. The number of hydrogen-bond acceptors (Lipinski definition) is 2. The van der Waals surface area contributed by atoms with E-state index < -0.39 is 0 Å². The number of nitrogens with zero attached hydrogens (tertiary/aromatic N) is 3. The fourth-order valence-electron chi connectivity index (χ4n) is 5.70. The van der Waals surface area contributed by atoms with Crippen molar-refractivity contribution < 1.29 is 0 Å². The predicted molar refractivity (Wildman–Crippen MR) is 157 cm³/mol. The first-order valence-corrected chi connectivity index (χ1v) is 13.0.